The Morgan fingerprint density at radius 2 is 0.815 bits per heavy atom. The van der Waals surface area contributed by atoms with E-state index in [9.17, 15) is 4.79 Å². The summed E-state index contributed by atoms with van der Waals surface area (Å²) in [5.41, 5.74) is 4.78. The Kier molecular flexibility index (Phi) is 27.5. The molecule has 3 rings (SSSR count). The van der Waals surface area contributed by atoms with Crippen LogP contribution in [-0.2, 0) is 52.1 Å². The minimum Gasteiger partial charge on any atom is -0.449 e. The molecule has 2 aromatic carbocycles. The van der Waals surface area contributed by atoms with Gasteiger partial charge in [-0.3, -0.25) is 0 Å². The van der Waals surface area contributed by atoms with E-state index in [0.717, 1.165) is 13.0 Å². The lowest BCUT2D eigenvalue weighted by molar-refractivity contribution is -0.0264. The van der Waals surface area contributed by atoms with Gasteiger partial charge in [0.1, 0.15) is 6.61 Å². The van der Waals surface area contributed by atoms with Crippen LogP contribution >= 0.6 is 0 Å². The molecule has 54 heavy (non-hydrogen) atoms. The smallest absolute Gasteiger partial charge is 0.407 e. The van der Waals surface area contributed by atoms with E-state index < -0.39 is 6.09 Å². The molecule has 1 N–H and O–H groups in total. The van der Waals surface area contributed by atoms with Gasteiger partial charge >= 0.3 is 6.09 Å². The second kappa shape index (κ2) is 32.5. The molecule has 0 unspecified atom stereocenters. The fraction of sp³-hybridized carbons (Fsp3) is 0.683. The molecule has 0 radical (unpaired) electrons. The third-order valence-electron chi connectivity index (χ3n) is 8.35. The van der Waals surface area contributed by atoms with Crippen molar-refractivity contribution in [3.8, 4) is 11.1 Å². The number of fused-ring (bicyclic) bond motifs is 3. The van der Waals surface area contributed by atoms with Gasteiger partial charge in [0.25, 0.3) is 0 Å². The number of unbranched alkanes of at least 4 members (excludes halogenated alkanes) is 3. The second-order valence-electron chi connectivity index (χ2n) is 12.4. The van der Waals surface area contributed by atoms with Crippen molar-refractivity contribution in [2.75, 3.05) is 145 Å². The molecule has 13 nitrogen and oxygen atoms in total. The Morgan fingerprint density at radius 1 is 0.463 bits per heavy atom. The molecule has 1 aliphatic carbocycles. The fourth-order valence-electron chi connectivity index (χ4n) is 5.59. The molecule has 0 saturated heterocycles. The number of carbonyl (C=O) groups excluding carboxylic acids is 1. The molecule has 306 valence electrons. The normalized spacial score (nSPS) is 12.2. The molecule has 2 aromatic rings. The van der Waals surface area contributed by atoms with Crippen LogP contribution in [0.25, 0.3) is 11.1 Å². The van der Waals surface area contributed by atoms with E-state index in [1.54, 1.807) is 0 Å². The van der Waals surface area contributed by atoms with Gasteiger partial charge in [-0.15, -0.1) is 0 Å². The number of nitrogens with one attached hydrogen (secondary N) is 1. The number of hydrogen-bond acceptors (Lipinski definition) is 12. The molecule has 13 heteroatoms. The van der Waals surface area contributed by atoms with Crippen LogP contribution in [-0.4, -0.2) is 151 Å². The van der Waals surface area contributed by atoms with Crippen LogP contribution in [0.3, 0.4) is 0 Å². The molecule has 1 amide bonds. The highest BCUT2D eigenvalue weighted by Gasteiger charge is 2.28. The maximum absolute atomic E-state index is 12.2. The zero-order chi connectivity index (χ0) is 38.0. The van der Waals surface area contributed by atoms with Crippen LogP contribution < -0.4 is 5.32 Å². The van der Waals surface area contributed by atoms with Gasteiger partial charge in [0, 0.05) is 19.1 Å². The minimum absolute atomic E-state index is 0.0388. The topological polar surface area (TPSA) is 131 Å². The van der Waals surface area contributed by atoms with Gasteiger partial charge in [-0.25, -0.2) is 4.79 Å². The summed E-state index contributed by atoms with van der Waals surface area (Å²) in [6.07, 6.45) is 4.43. The Balaban J connectivity index is 0.947. The van der Waals surface area contributed by atoms with Gasteiger partial charge in [0.2, 0.25) is 0 Å². The van der Waals surface area contributed by atoms with Crippen LogP contribution in [0.15, 0.2) is 48.5 Å². The molecule has 0 saturated carbocycles. The van der Waals surface area contributed by atoms with Crippen LogP contribution in [0.5, 0.6) is 0 Å². The van der Waals surface area contributed by atoms with E-state index in [-0.39, 0.29) is 12.5 Å². The number of hydrogen-bond donors (Lipinski definition) is 1. The van der Waals surface area contributed by atoms with Crippen LogP contribution in [0.2, 0.25) is 0 Å². The first-order valence-corrected chi connectivity index (χ1v) is 19.7. The van der Waals surface area contributed by atoms with E-state index in [1.165, 1.54) is 41.5 Å². The molecule has 0 aliphatic heterocycles. The summed E-state index contributed by atoms with van der Waals surface area (Å²) >= 11 is 0. The Labute approximate surface area is 322 Å². The molecule has 0 bridgehead atoms. The first-order chi connectivity index (χ1) is 26.8. The van der Waals surface area contributed by atoms with E-state index in [1.807, 2.05) is 24.3 Å². The summed E-state index contributed by atoms with van der Waals surface area (Å²) in [6.45, 7) is 13.3. The molecular weight excluding hydrogens is 698 g/mol. The molecule has 0 spiro atoms. The van der Waals surface area contributed by atoms with Crippen LogP contribution in [0, 0.1) is 0 Å². The summed E-state index contributed by atoms with van der Waals surface area (Å²) in [6, 6.07) is 16.5. The molecule has 0 fully saturated rings. The Morgan fingerprint density at radius 3 is 1.20 bits per heavy atom. The van der Waals surface area contributed by atoms with Crippen molar-refractivity contribution in [2.24, 2.45) is 0 Å². The third-order valence-corrected chi connectivity index (χ3v) is 8.35. The highest BCUT2D eigenvalue weighted by atomic mass is 16.6. The number of rotatable bonds is 37. The Hall–Kier alpha value is -2.69. The largest absolute Gasteiger partial charge is 0.449 e. The van der Waals surface area contributed by atoms with E-state index in [4.69, 9.17) is 52.1 Å². The van der Waals surface area contributed by atoms with Gasteiger partial charge < -0.3 is 57.4 Å². The molecule has 0 heterocycles. The average molecular weight is 764 g/mol. The van der Waals surface area contributed by atoms with Crippen molar-refractivity contribution < 1.29 is 56.9 Å². The van der Waals surface area contributed by atoms with E-state index in [0.29, 0.717) is 132 Å². The Bertz CT molecular complexity index is 1140. The van der Waals surface area contributed by atoms with Gasteiger partial charge in [-0.2, -0.15) is 0 Å². The summed E-state index contributed by atoms with van der Waals surface area (Å²) in [5.74, 6) is 0.0388. The quantitative estimate of drug-likeness (QED) is 0.0901. The summed E-state index contributed by atoms with van der Waals surface area (Å²) in [7, 11) is 0. The molecule has 0 aromatic heterocycles. The van der Waals surface area contributed by atoms with Crippen molar-refractivity contribution >= 4 is 6.09 Å². The van der Waals surface area contributed by atoms with Crippen LogP contribution in [0.1, 0.15) is 49.7 Å². The number of alkyl carbamates (subject to hydrolysis) is 1. The fourth-order valence-corrected chi connectivity index (χ4v) is 5.59. The van der Waals surface area contributed by atoms with Crippen molar-refractivity contribution in [1.29, 1.82) is 0 Å². The highest BCUT2D eigenvalue weighted by molar-refractivity contribution is 5.79. The number of carbonyl (C=O) groups is 1. The lowest BCUT2D eigenvalue weighted by Gasteiger charge is -2.14. The van der Waals surface area contributed by atoms with Crippen molar-refractivity contribution in [3.05, 3.63) is 59.7 Å². The summed E-state index contributed by atoms with van der Waals surface area (Å²) in [5, 5.41) is 2.75. The first-order valence-electron chi connectivity index (χ1n) is 19.7. The third kappa shape index (κ3) is 21.4. The lowest BCUT2D eigenvalue weighted by atomic mass is 9.98. The number of benzene rings is 2. The zero-order valence-electron chi connectivity index (χ0n) is 32.5. The van der Waals surface area contributed by atoms with Crippen molar-refractivity contribution in [3.63, 3.8) is 0 Å². The van der Waals surface area contributed by atoms with Crippen molar-refractivity contribution in [2.45, 2.75) is 38.5 Å². The predicted octanol–water partition coefficient (Wildman–Crippen LogP) is 5.27. The lowest BCUT2D eigenvalue weighted by Crippen LogP contribution is -2.29. The summed E-state index contributed by atoms with van der Waals surface area (Å²) in [4.78, 5) is 12.2. The van der Waals surface area contributed by atoms with Crippen molar-refractivity contribution in [1.82, 2.24) is 5.32 Å². The van der Waals surface area contributed by atoms with Gasteiger partial charge in [-0.05, 0) is 28.7 Å². The maximum Gasteiger partial charge on any atom is 0.407 e. The SMILES string of the molecule is CCCCCCOCCOCCOCCOCCOCCOCCOCCOCCOCCOCCNC(=O)OCC1c2ccccc2-c2ccccc21. The molecule has 1 aliphatic rings. The average Bonchev–Trinajstić information content (AvgIpc) is 3.52. The number of amides is 1. The molecular formula is C41H65NO12. The maximum atomic E-state index is 12.2. The molecule has 0 atom stereocenters. The van der Waals surface area contributed by atoms with Crippen LogP contribution in [0.4, 0.5) is 4.79 Å². The second-order valence-corrected chi connectivity index (χ2v) is 12.4. The first kappa shape index (κ1) is 45.7. The zero-order valence-corrected chi connectivity index (χ0v) is 32.5. The van der Waals surface area contributed by atoms with E-state index >= 15 is 0 Å². The van der Waals surface area contributed by atoms with Gasteiger partial charge in [0.05, 0.1) is 126 Å². The van der Waals surface area contributed by atoms with Gasteiger partial charge in [-0.1, -0.05) is 74.7 Å². The highest BCUT2D eigenvalue weighted by Crippen LogP contribution is 2.44. The summed E-state index contributed by atoms with van der Waals surface area (Å²) < 4.78 is 60.6. The monoisotopic (exact) mass is 763 g/mol. The standard InChI is InChI=1S/C41H65NO12/c1-2-3-4-9-15-44-17-19-46-21-23-48-25-27-50-29-31-52-33-34-53-32-30-51-28-26-49-24-22-47-20-18-45-16-14-42-41(43)54-35-40-38-12-7-5-10-36(38)37-11-6-8-13-39(37)40/h5-8,10-13,40H,2-4,9,14-35H2,1H3,(H,42,43). The predicted molar refractivity (Wildman–Crippen MR) is 205 cm³/mol. The van der Waals surface area contributed by atoms with E-state index in [2.05, 4.69) is 36.5 Å². The van der Waals surface area contributed by atoms with Gasteiger partial charge in [0.15, 0.2) is 0 Å². The number of ether oxygens (including phenoxy) is 11. The minimum atomic E-state index is -0.450.